The fourth-order valence-electron chi connectivity index (χ4n) is 4.09. The van der Waals surface area contributed by atoms with Gasteiger partial charge in [-0.1, -0.05) is 40.9 Å². The highest BCUT2D eigenvalue weighted by atomic mass is 35.5. The van der Waals surface area contributed by atoms with Crippen molar-refractivity contribution >= 4 is 57.6 Å². The zero-order chi connectivity index (χ0) is 22.6. The first kappa shape index (κ1) is 21.1. The second-order valence-electron chi connectivity index (χ2n) is 7.70. The van der Waals surface area contributed by atoms with Crippen LogP contribution in [0.2, 0.25) is 15.1 Å². The molecule has 0 bridgehead atoms. The Bertz CT molecular complexity index is 1470. The van der Waals surface area contributed by atoms with Crippen LogP contribution in [-0.2, 0) is 20.1 Å². The SMILES string of the molecule is Cn1c(=O)n(Cc2ccc(Cl)c(Cl)c2)c(=O)c2c1nc1n2CCCN1c1ccc(Cl)cc1. The lowest BCUT2D eigenvalue weighted by atomic mass is 10.2. The van der Waals surface area contributed by atoms with Gasteiger partial charge in [0.1, 0.15) is 0 Å². The number of benzene rings is 2. The van der Waals surface area contributed by atoms with Crippen molar-refractivity contribution < 1.29 is 0 Å². The number of halogens is 3. The average Bonchev–Trinajstić information content (AvgIpc) is 3.18. The van der Waals surface area contributed by atoms with Gasteiger partial charge in [0.25, 0.3) is 5.56 Å². The van der Waals surface area contributed by atoms with Crippen molar-refractivity contribution in [1.82, 2.24) is 18.7 Å². The van der Waals surface area contributed by atoms with Gasteiger partial charge in [0.15, 0.2) is 11.2 Å². The van der Waals surface area contributed by atoms with E-state index in [4.69, 9.17) is 39.8 Å². The van der Waals surface area contributed by atoms with Gasteiger partial charge in [-0.2, -0.15) is 4.98 Å². The van der Waals surface area contributed by atoms with Gasteiger partial charge < -0.3 is 9.47 Å². The van der Waals surface area contributed by atoms with Gasteiger partial charge in [-0.05, 0) is 48.4 Å². The Kier molecular flexibility index (Phi) is 5.28. The Morgan fingerprint density at radius 3 is 2.44 bits per heavy atom. The van der Waals surface area contributed by atoms with Crippen LogP contribution < -0.4 is 16.1 Å². The Morgan fingerprint density at radius 2 is 1.72 bits per heavy atom. The first-order valence-electron chi connectivity index (χ1n) is 10.0. The second kappa shape index (κ2) is 7.99. The minimum atomic E-state index is -0.443. The van der Waals surface area contributed by atoms with Crippen LogP contribution in [0, 0.1) is 0 Å². The Hall–Kier alpha value is -2.74. The summed E-state index contributed by atoms with van der Waals surface area (Å²) in [6, 6.07) is 12.5. The van der Waals surface area contributed by atoms with Crippen LogP contribution in [0.5, 0.6) is 0 Å². The van der Waals surface area contributed by atoms with Crippen LogP contribution in [0.15, 0.2) is 52.1 Å². The van der Waals surface area contributed by atoms with E-state index in [2.05, 4.69) is 0 Å². The van der Waals surface area contributed by atoms with E-state index in [-0.39, 0.29) is 12.1 Å². The van der Waals surface area contributed by atoms with Crippen molar-refractivity contribution in [2.45, 2.75) is 19.5 Å². The number of hydrogen-bond donors (Lipinski definition) is 0. The van der Waals surface area contributed by atoms with Crippen molar-refractivity contribution in [3.8, 4) is 0 Å². The lowest BCUT2D eigenvalue weighted by Crippen LogP contribution is -2.40. The molecule has 2 aromatic heterocycles. The van der Waals surface area contributed by atoms with Gasteiger partial charge in [0.2, 0.25) is 5.95 Å². The summed E-state index contributed by atoms with van der Waals surface area (Å²) >= 11 is 18.2. The third-order valence-corrected chi connectivity index (χ3v) is 6.67. The van der Waals surface area contributed by atoms with E-state index in [1.54, 1.807) is 25.2 Å². The molecule has 164 valence electrons. The molecule has 0 amide bonds. The van der Waals surface area contributed by atoms with Crippen molar-refractivity contribution in [3.05, 3.63) is 83.9 Å². The van der Waals surface area contributed by atoms with Gasteiger partial charge in [0.05, 0.1) is 16.6 Å². The summed E-state index contributed by atoms with van der Waals surface area (Å²) < 4.78 is 4.51. The monoisotopic (exact) mass is 489 g/mol. The zero-order valence-corrected chi connectivity index (χ0v) is 19.3. The molecule has 10 heteroatoms. The molecule has 5 rings (SSSR count). The summed E-state index contributed by atoms with van der Waals surface area (Å²) in [4.78, 5) is 33.3. The molecule has 7 nitrogen and oxygen atoms in total. The lowest BCUT2D eigenvalue weighted by Gasteiger charge is -2.29. The Balaban J connectivity index is 1.68. The number of rotatable bonds is 3. The minimum Gasteiger partial charge on any atom is -0.312 e. The van der Waals surface area contributed by atoms with Crippen molar-refractivity contribution in [3.63, 3.8) is 0 Å². The number of anilines is 2. The van der Waals surface area contributed by atoms with E-state index in [9.17, 15) is 9.59 Å². The topological polar surface area (TPSA) is 65.1 Å². The molecule has 0 radical (unpaired) electrons. The predicted molar refractivity (Wildman–Crippen MR) is 128 cm³/mol. The highest BCUT2D eigenvalue weighted by Crippen LogP contribution is 2.31. The maximum Gasteiger partial charge on any atom is 0.332 e. The van der Waals surface area contributed by atoms with E-state index in [1.807, 2.05) is 33.7 Å². The lowest BCUT2D eigenvalue weighted by molar-refractivity contribution is 0.597. The highest BCUT2D eigenvalue weighted by Gasteiger charge is 2.27. The standard InChI is InChI=1S/C22H18Cl3N5O2/c1-27-19-18(20(31)30(22(27)32)12-13-3-8-16(24)17(25)11-13)29-10-2-9-28(21(29)26-19)15-6-4-14(23)5-7-15/h3-8,11H,2,9-10,12H2,1H3. The van der Waals surface area contributed by atoms with Crippen LogP contribution in [0.3, 0.4) is 0 Å². The molecule has 2 aromatic carbocycles. The summed E-state index contributed by atoms with van der Waals surface area (Å²) in [5.74, 6) is 0.632. The maximum absolute atomic E-state index is 13.5. The van der Waals surface area contributed by atoms with Gasteiger partial charge in [-0.3, -0.25) is 13.9 Å². The third-order valence-electron chi connectivity index (χ3n) is 5.68. The first-order chi connectivity index (χ1) is 15.3. The molecule has 0 saturated heterocycles. The zero-order valence-electron chi connectivity index (χ0n) is 17.1. The number of hydrogen-bond acceptors (Lipinski definition) is 4. The van der Waals surface area contributed by atoms with E-state index >= 15 is 0 Å². The minimum absolute atomic E-state index is 0.0831. The molecule has 3 heterocycles. The van der Waals surface area contributed by atoms with Crippen molar-refractivity contribution in [2.24, 2.45) is 7.05 Å². The number of fused-ring (bicyclic) bond motifs is 3. The van der Waals surface area contributed by atoms with Gasteiger partial charge in [-0.25, -0.2) is 4.79 Å². The van der Waals surface area contributed by atoms with Crippen LogP contribution >= 0.6 is 34.8 Å². The molecule has 32 heavy (non-hydrogen) atoms. The summed E-state index contributed by atoms with van der Waals surface area (Å²) in [6.45, 7) is 1.46. The van der Waals surface area contributed by atoms with Gasteiger partial charge >= 0.3 is 5.69 Å². The largest absolute Gasteiger partial charge is 0.332 e. The quantitative estimate of drug-likeness (QED) is 0.426. The van der Waals surface area contributed by atoms with E-state index in [1.165, 1.54) is 9.13 Å². The molecule has 0 unspecified atom stereocenters. The Labute approximate surface area is 198 Å². The van der Waals surface area contributed by atoms with E-state index in [0.717, 1.165) is 18.7 Å². The molecule has 1 aliphatic heterocycles. The molecule has 1 aliphatic rings. The maximum atomic E-state index is 13.5. The van der Waals surface area contributed by atoms with Crippen LogP contribution in [0.1, 0.15) is 12.0 Å². The summed E-state index contributed by atoms with van der Waals surface area (Å²) in [5.41, 5.74) is 1.57. The van der Waals surface area contributed by atoms with E-state index < -0.39 is 5.69 Å². The van der Waals surface area contributed by atoms with Crippen LogP contribution in [0.4, 0.5) is 11.6 Å². The molecule has 0 aliphatic carbocycles. The van der Waals surface area contributed by atoms with Gasteiger partial charge in [-0.15, -0.1) is 0 Å². The first-order valence-corrected chi connectivity index (χ1v) is 11.2. The normalized spacial score (nSPS) is 13.6. The number of imidazole rings is 1. The van der Waals surface area contributed by atoms with Crippen molar-refractivity contribution in [2.75, 3.05) is 11.4 Å². The Morgan fingerprint density at radius 1 is 0.969 bits per heavy atom. The van der Waals surface area contributed by atoms with E-state index in [0.29, 0.717) is 44.3 Å². The molecule has 4 aromatic rings. The third kappa shape index (κ3) is 3.41. The van der Waals surface area contributed by atoms with Crippen LogP contribution in [0.25, 0.3) is 11.2 Å². The molecule has 0 fully saturated rings. The summed E-state index contributed by atoms with van der Waals surface area (Å²) in [5, 5.41) is 1.43. The van der Waals surface area contributed by atoms with Crippen LogP contribution in [-0.4, -0.2) is 25.2 Å². The molecular weight excluding hydrogens is 473 g/mol. The summed E-state index contributed by atoms with van der Waals surface area (Å²) in [7, 11) is 1.63. The molecular formula is C22H18Cl3N5O2. The molecule has 0 saturated carbocycles. The average molecular weight is 491 g/mol. The van der Waals surface area contributed by atoms with Gasteiger partial charge in [0, 0.05) is 30.8 Å². The summed E-state index contributed by atoms with van der Waals surface area (Å²) in [6.07, 6.45) is 0.830. The number of nitrogens with zero attached hydrogens (tertiary/aromatic N) is 5. The predicted octanol–water partition coefficient (Wildman–Crippen LogP) is 4.45. The number of aromatic nitrogens is 4. The molecule has 0 N–H and O–H groups in total. The van der Waals surface area contributed by atoms with Crippen molar-refractivity contribution in [1.29, 1.82) is 0 Å². The smallest absolute Gasteiger partial charge is 0.312 e. The fourth-order valence-corrected chi connectivity index (χ4v) is 4.54. The number of aryl methyl sites for hydroxylation is 2. The molecule has 0 atom stereocenters. The second-order valence-corrected chi connectivity index (χ2v) is 8.95. The highest BCUT2D eigenvalue weighted by molar-refractivity contribution is 6.42. The molecule has 0 spiro atoms. The fraction of sp³-hybridized carbons (Fsp3) is 0.227.